The van der Waals surface area contributed by atoms with Crippen molar-refractivity contribution in [1.29, 1.82) is 0 Å². The number of hydrogen-bond acceptors (Lipinski definition) is 2. The second kappa shape index (κ2) is 6.55. The van der Waals surface area contributed by atoms with E-state index >= 15 is 0 Å². The standard InChI is InChI=1S/C22H18N2/c1-3-8-18(9-4-1)22(24-20-11-5-2-6-12-20)19-14-13-17-10-7-15-23-21(17)16-19/h1-16,22,24H. The van der Waals surface area contributed by atoms with Crippen LogP contribution in [0, 0.1) is 0 Å². The largest absolute Gasteiger partial charge is 0.374 e. The maximum absolute atomic E-state index is 4.50. The number of hydrogen-bond donors (Lipinski definition) is 1. The van der Waals surface area contributed by atoms with Crippen molar-refractivity contribution in [1.82, 2.24) is 4.98 Å². The zero-order valence-electron chi connectivity index (χ0n) is 13.3. The third-order valence-electron chi connectivity index (χ3n) is 4.18. The highest BCUT2D eigenvalue weighted by Crippen LogP contribution is 2.28. The summed E-state index contributed by atoms with van der Waals surface area (Å²) in [6, 6.07) is 31.5. The summed E-state index contributed by atoms with van der Waals surface area (Å²) < 4.78 is 0. The first-order chi connectivity index (χ1) is 11.9. The summed E-state index contributed by atoms with van der Waals surface area (Å²) in [6.45, 7) is 0. The van der Waals surface area contributed by atoms with Crippen molar-refractivity contribution >= 4 is 16.6 Å². The van der Waals surface area contributed by atoms with E-state index in [4.69, 9.17) is 0 Å². The molecule has 0 saturated heterocycles. The second-order valence-corrected chi connectivity index (χ2v) is 5.81. The molecule has 4 aromatic rings. The summed E-state index contributed by atoms with van der Waals surface area (Å²) >= 11 is 0. The minimum absolute atomic E-state index is 0.0833. The van der Waals surface area contributed by atoms with E-state index in [1.54, 1.807) is 0 Å². The molecule has 0 aliphatic rings. The summed E-state index contributed by atoms with van der Waals surface area (Å²) in [5.41, 5.74) is 4.56. The van der Waals surface area contributed by atoms with Crippen LogP contribution in [-0.2, 0) is 0 Å². The van der Waals surface area contributed by atoms with Crippen LogP contribution in [0.3, 0.4) is 0 Å². The molecule has 0 aliphatic carbocycles. The number of fused-ring (bicyclic) bond motifs is 1. The maximum Gasteiger partial charge on any atom is 0.0768 e. The van der Waals surface area contributed by atoms with E-state index in [-0.39, 0.29) is 6.04 Å². The summed E-state index contributed by atoms with van der Waals surface area (Å²) in [4.78, 5) is 4.50. The molecule has 0 amide bonds. The van der Waals surface area contributed by atoms with E-state index in [1.165, 1.54) is 11.1 Å². The fourth-order valence-electron chi connectivity index (χ4n) is 2.97. The van der Waals surface area contributed by atoms with Crippen LogP contribution in [0.25, 0.3) is 10.9 Å². The summed E-state index contributed by atoms with van der Waals surface area (Å²) in [5.74, 6) is 0. The predicted molar refractivity (Wildman–Crippen MR) is 100 cm³/mol. The summed E-state index contributed by atoms with van der Waals surface area (Å²) in [5, 5.41) is 4.81. The van der Waals surface area contributed by atoms with E-state index in [0.717, 1.165) is 16.6 Å². The average molecular weight is 310 g/mol. The third kappa shape index (κ3) is 2.99. The molecule has 1 aromatic heterocycles. The van der Waals surface area contributed by atoms with Crippen LogP contribution >= 0.6 is 0 Å². The highest BCUT2D eigenvalue weighted by Gasteiger charge is 2.14. The van der Waals surface area contributed by atoms with Gasteiger partial charge in [-0.3, -0.25) is 4.98 Å². The van der Waals surface area contributed by atoms with Crippen molar-refractivity contribution in [2.24, 2.45) is 0 Å². The summed E-state index contributed by atoms with van der Waals surface area (Å²) in [6.07, 6.45) is 1.84. The highest BCUT2D eigenvalue weighted by molar-refractivity contribution is 5.79. The van der Waals surface area contributed by atoms with Crippen molar-refractivity contribution in [2.75, 3.05) is 5.32 Å². The molecule has 4 rings (SSSR count). The quantitative estimate of drug-likeness (QED) is 0.543. The average Bonchev–Trinajstić information content (AvgIpc) is 2.67. The molecule has 0 fully saturated rings. The maximum atomic E-state index is 4.50. The van der Waals surface area contributed by atoms with Gasteiger partial charge in [0, 0.05) is 17.3 Å². The number of rotatable bonds is 4. The Labute approximate surface area is 141 Å². The zero-order chi connectivity index (χ0) is 16.2. The number of anilines is 1. The Kier molecular flexibility index (Phi) is 3.95. The lowest BCUT2D eigenvalue weighted by Crippen LogP contribution is -2.12. The molecular formula is C22H18N2. The van der Waals surface area contributed by atoms with Gasteiger partial charge in [0.05, 0.1) is 11.6 Å². The second-order valence-electron chi connectivity index (χ2n) is 5.81. The molecule has 0 radical (unpaired) electrons. The van der Waals surface area contributed by atoms with Gasteiger partial charge in [-0.2, -0.15) is 0 Å². The van der Waals surface area contributed by atoms with Crippen LogP contribution in [0.15, 0.2) is 97.2 Å². The van der Waals surface area contributed by atoms with Gasteiger partial charge in [0.15, 0.2) is 0 Å². The van der Waals surface area contributed by atoms with Gasteiger partial charge in [-0.05, 0) is 35.4 Å². The van der Waals surface area contributed by atoms with E-state index < -0.39 is 0 Å². The number of aromatic nitrogens is 1. The van der Waals surface area contributed by atoms with Gasteiger partial charge in [-0.1, -0.05) is 66.7 Å². The Morgan fingerprint density at radius 3 is 2.21 bits per heavy atom. The van der Waals surface area contributed by atoms with Crippen molar-refractivity contribution < 1.29 is 0 Å². The SMILES string of the molecule is c1ccc(NC(c2ccccc2)c2ccc3cccnc3c2)cc1. The lowest BCUT2D eigenvalue weighted by molar-refractivity contribution is 0.941. The van der Waals surface area contributed by atoms with Gasteiger partial charge in [0.2, 0.25) is 0 Å². The molecule has 0 spiro atoms. The van der Waals surface area contributed by atoms with Gasteiger partial charge in [0.1, 0.15) is 0 Å². The van der Waals surface area contributed by atoms with Crippen molar-refractivity contribution in [3.05, 3.63) is 108 Å². The molecule has 2 nitrogen and oxygen atoms in total. The van der Waals surface area contributed by atoms with Crippen LogP contribution in [0.1, 0.15) is 17.2 Å². The Morgan fingerprint density at radius 1 is 0.667 bits per heavy atom. The van der Waals surface area contributed by atoms with E-state index in [0.29, 0.717) is 0 Å². The van der Waals surface area contributed by atoms with Gasteiger partial charge in [-0.25, -0.2) is 0 Å². The number of nitrogens with zero attached hydrogens (tertiary/aromatic N) is 1. The first-order valence-electron chi connectivity index (χ1n) is 8.11. The number of nitrogens with one attached hydrogen (secondary N) is 1. The van der Waals surface area contributed by atoms with Crippen LogP contribution in [0.5, 0.6) is 0 Å². The lowest BCUT2D eigenvalue weighted by atomic mass is 9.97. The van der Waals surface area contributed by atoms with Crippen molar-refractivity contribution in [2.45, 2.75) is 6.04 Å². The highest BCUT2D eigenvalue weighted by atomic mass is 14.9. The van der Waals surface area contributed by atoms with Crippen LogP contribution in [0.2, 0.25) is 0 Å². The molecule has 1 unspecified atom stereocenters. The van der Waals surface area contributed by atoms with Crippen LogP contribution < -0.4 is 5.32 Å². The molecule has 3 aromatic carbocycles. The smallest absolute Gasteiger partial charge is 0.0768 e. The Balaban J connectivity index is 1.78. The first-order valence-corrected chi connectivity index (χ1v) is 8.11. The van der Waals surface area contributed by atoms with Crippen molar-refractivity contribution in [3.63, 3.8) is 0 Å². The Morgan fingerprint density at radius 2 is 1.42 bits per heavy atom. The zero-order valence-corrected chi connectivity index (χ0v) is 13.3. The minimum Gasteiger partial charge on any atom is -0.374 e. The number of pyridine rings is 1. The molecule has 1 heterocycles. The molecule has 2 heteroatoms. The van der Waals surface area contributed by atoms with Gasteiger partial charge in [-0.15, -0.1) is 0 Å². The monoisotopic (exact) mass is 310 g/mol. The predicted octanol–water partition coefficient (Wildman–Crippen LogP) is 5.44. The molecule has 1 N–H and O–H groups in total. The third-order valence-corrected chi connectivity index (χ3v) is 4.18. The minimum atomic E-state index is 0.0833. The summed E-state index contributed by atoms with van der Waals surface area (Å²) in [7, 11) is 0. The Bertz CT molecular complexity index is 933. The van der Waals surface area contributed by atoms with Crippen molar-refractivity contribution in [3.8, 4) is 0 Å². The van der Waals surface area contributed by atoms with Gasteiger partial charge < -0.3 is 5.32 Å². The fourth-order valence-corrected chi connectivity index (χ4v) is 2.97. The number of para-hydroxylation sites is 1. The van der Waals surface area contributed by atoms with Crippen LogP contribution in [-0.4, -0.2) is 4.98 Å². The van der Waals surface area contributed by atoms with E-state index in [9.17, 15) is 0 Å². The Hall–Kier alpha value is -3.13. The molecular weight excluding hydrogens is 292 g/mol. The van der Waals surface area contributed by atoms with E-state index in [2.05, 4.69) is 71.0 Å². The van der Waals surface area contributed by atoms with Gasteiger partial charge >= 0.3 is 0 Å². The van der Waals surface area contributed by atoms with Gasteiger partial charge in [0.25, 0.3) is 0 Å². The lowest BCUT2D eigenvalue weighted by Gasteiger charge is -2.21. The topological polar surface area (TPSA) is 24.9 Å². The normalized spacial score (nSPS) is 12.0. The van der Waals surface area contributed by atoms with E-state index in [1.807, 2.05) is 36.5 Å². The first kappa shape index (κ1) is 14.5. The number of benzene rings is 3. The molecule has 1 atom stereocenters. The molecule has 0 aliphatic heterocycles. The molecule has 116 valence electrons. The molecule has 24 heavy (non-hydrogen) atoms. The fraction of sp³-hybridized carbons (Fsp3) is 0.0455. The molecule has 0 saturated carbocycles. The van der Waals surface area contributed by atoms with Crippen LogP contribution in [0.4, 0.5) is 5.69 Å². The molecule has 0 bridgehead atoms.